The highest BCUT2D eigenvalue weighted by Crippen LogP contribution is 2.14. The lowest BCUT2D eigenvalue weighted by Crippen LogP contribution is -2.05. The third-order valence-corrected chi connectivity index (χ3v) is 2.13. The van der Waals surface area contributed by atoms with Crippen LogP contribution in [0.4, 0.5) is 0 Å². The van der Waals surface area contributed by atoms with E-state index in [0.717, 1.165) is 17.0 Å². The van der Waals surface area contributed by atoms with Gasteiger partial charge in [-0.15, -0.1) is 0 Å². The van der Waals surface area contributed by atoms with Crippen molar-refractivity contribution in [3.63, 3.8) is 0 Å². The molecule has 0 aliphatic carbocycles. The van der Waals surface area contributed by atoms with Crippen molar-refractivity contribution in [3.05, 3.63) is 48.4 Å². The minimum absolute atomic E-state index is 0.457. The Labute approximate surface area is 93.6 Å². The van der Waals surface area contributed by atoms with Gasteiger partial charge in [-0.25, -0.2) is 0 Å². The predicted molar refractivity (Wildman–Crippen MR) is 59.9 cm³/mol. The Morgan fingerprint density at radius 1 is 1.19 bits per heavy atom. The van der Waals surface area contributed by atoms with E-state index in [1.54, 1.807) is 12.4 Å². The van der Waals surface area contributed by atoms with Crippen LogP contribution in [0.2, 0.25) is 0 Å². The topological polar surface area (TPSA) is 61.6 Å². The maximum absolute atomic E-state index is 8.36. The number of nitrogens with zero attached hydrogens (tertiary/aromatic N) is 3. The van der Waals surface area contributed by atoms with Crippen molar-refractivity contribution in [1.82, 2.24) is 15.3 Å². The summed E-state index contributed by atoms with van der Waals surface area (Å²) in [5.41, 5.74) is 2.71. The Morgan fingerprint density at radius 2 is 2.12 bits per heavy atom. The first kappa shape index (κ1) is 10.1. The van der Waals surface area contributed by atoms with Crippen LogP contribution >= 0.6 is 0 Å². The first-order chi connectivity index (χ1) is 7.90. The van der Waals surface area contributed by atoms with Gasteiger partial charge in [0.25, 0.3) is 0 Å². The van der Waals surface area contributed by atoms with Gasteiger partial charge in [0.15, 0.2) is 6.19 Å². The van der Waals surface area contributed by atoms with Crippen LogP contribution in [0.1, 0.15) is 5.69 Å². The molecule has 0 aliphatic heterocycles. The molecule has 0 bridgehead atoms. The predicted octanol–water partition coefficient (Wildman–Crippen LogP) is 1.71. The Morgan fingerprint density at radius 3 is 2.75 bits per heavy atom. The first-order valence-corrected chi connectivity index (χ1v) is 4.88. The van der Waals surface area contributed by atoms with E-state index in [1.165, 1.54) is 0 Å². The van der Waals surface area contributed by atoms with Gasteiger partial charge in [-0.1, -0.05) is 6.07 Å². The Balaban J connectivity index is 2.17. The highest BCUT2D eigenvalue weighted by atomic mass is 14.9. The summed E-state index contributed by atoms with van der Waals surface area (Å²) in [6.45, 7) is 0.457. The van der Waals surface area contributed by atoms with Crippen LogP contribution in [0.15, 0.2) is 42.7 Å². The summed E-state index contributed by atoms with van der Waals surface area (Å²) in [7, 11) is 0. The standard InChI is InChI=1S/C12H10N4/c13-9-14-8-11-5-4-10(7-16-11)12-3-1-2-6-15-12/h1-7,14H,8H2. The summed E-state index contributed by atoms with van der Waals surface area (Å²) in [5, 5.41) is 10.9. The average molecular weight is 210 g/mol. The third kappa shape index (κ3) is 2.34. The Bertz CT molecular complexity index is 485. The highest BCUT2D eigenvalue weighted by Gasteiger charge is 1.99. The number of nitriles is 1. The van der Waals surface area contributed by atoms with E-state index in [4.69, 9.17) is 5.26 Å². The van der Waals surface area contributed by atoms with Crippen LogP contribution in [-0.4, -0.2) is 9.97 Å². The molecule has 2 rings (SSSR count). The molecule has 0 aromatic carbocycles. The molecule has 0 radical (unpaired) electrons. The zero-order valence-electron chi connectivity index (χ0n) is 8.59. The van der Waals surface area contributed by atoms with Gasteiger partial charge < -0.3 is 5.32 Å². The molecule has 0 saturated heterocycles. The molecule has 0 fully saturated rings. The van der Waals surface area contributed by atoms with Gasteiger partial charge in [0.05, 0.1) is 17.9 Å². The smallest absolute Gasteiger partial charge is 0.176 e. The molecule has 4 heteroatoms. The molecule has 2 aromatic rings. The second-order valence-corrected chi connectivity index (χ2v) is 3.22. The normalized spacial score (nSPS) is 9.44. The van der Waals surface area contributed by atoms with Gasteiger partial charge in [-0.2, -0.15) is 5.26 Å². The molecule has 16 heavy (non-hydrogen) atoms. The lowest BCUT2D eigenvalue weighted by atomic mass is 10.2. The van der Waals surface area contributed by atoms with Crippen molar-refractivity contribution < 1.29 is 0 Å². The third-order valence-electron chi connectivity index (χ3n) is 2.13. The molecule has 0 atom stereocenters. The number of aromatic nitrogens is 2. The monoisotopic (exact) mass is 210 g/mol. The van der Waals surface area contributed by atoms with Crippen LogP contribution in [0, 0.1) is 11.5 Å². The van der Waals surface area contributed by atoms with Crippen molar-refractivity contribution >= 4 is 0 Å². The van der Waals surface area contributed by atoms with Crippen molar-refractivity contribution in [2.24, 2.45) is 0 Å². The summed E-state index contributed by atoms with van der Waals surface area (Å²) in [4.78, 5) is 8.47. The molecule has 0 amide bonds. The van der Waals surface area contributed by atoms with E-state index in [2.05, 4.69) is 15.3 Å². The van der Waals surface area contributed by atoms with Gasteiger partial charge in [0, 0.05) is 18.0 Å². The molecule has 0 aliphatic rings. The molecule has 0 unspecified atom stereocenters. The number of rotatable bonds is 3. The quantitative estimate of drug-likeness (QED) is 0.619. The zero-order valence-corrected chi connectivity index (χ0v) is 8.59. The van der Waals surface area contributed by atoms with E-state index < -0.39 is 0 Å². The highest BCUT2D eigenvalue weighted by molar-refractivity contribution is 5.57. The lowest BCUT2D eigenvalue weighted by molar-refractivity contribution is 0.849. The molecule has 2 heterocycles. The maximum Gasteiger partial charge on any atom is 0.176 e. The molecule has 78 valence electrons. The second kappa shape index (κ2) is 4.89. The van der Waals surface area contributed by atoms with E-state index in [1.807, 2.05) is 36.5 Å². The minimum atomic E-state index is 0.457. The fourth-order valence-corrected chi connectivity index (χ4v) is 1.34. The molecule has 1 N–H and O–H groups in total. The summed E-state index contributed by atoms with van der Waals surface area (Å²) in [6, 6.07) is 9.58. The molecular weight excluding hydrogens is 200 g/mol. The van der Waals surface area contributed by atoms with Gasteiger partial charge in [0.2, 0.25) is 0 Å². The number of hydrogen-bond acceptors (Lipinski definition) is 4. The molecule has 2 aromatic heterocycles. The van der Waals surface area contributed by atoms with Crippen molar-refractivity contribution in [2.75, 3.05) is 0 Å². The molecular formula is C12H10N4. The van der Waals surface area contributed by atoms with Crippen molar-refractivity contribution in [3.8, 4) is 17.5 Å². The van der Waals surface area contributed by atoms with Crippen molar-refractivity contribution in [2.45, 2.75) is 6.54 Å². The van der Waals surface area contributed by atoms with Crippen LogP contribution in [0.5, 0.6) is 0 Å². The lowest BCUT2D eigenvalue weighted by Gasteiger charge is -2.01. The van der Waals surface area contributed by atoms with Crippen molar-refractivity contribution in [1.29, 1.82) is 5.26 Å². The van der Waals surface area contributed by atoms with E-state index in [9.17, 15) is 0 Å². The van der Waals surface area contributed by atoms with Gasteiger partial charge in [0.1, 0.15) is 0 Å². The minimum Gasteiger partial charge on any atom is -0.318 e. The summed E-state index contributed by atoms with van der Waals surface area (Å²) in [6.07, 6.45) is 5.37. The van der Waals surface area contributed by atoms with Crippen LogP contribution in [0.25, 0.3) is 11.3 Å². The van der Waals surface area contributed by atoms with Gasteiger partial charge >= 0.3 is 0 Å². The van der Waals surface area contributed by atoms with Crippen LogP contribution < -0.4 is 5.32 Å². The number of pyridine rings is 2. The molecule has 4 nitrogen and oxygen atoms in total. The van der Waals surface area contributed by atoms with E-state index in [-0.39, 0.29) is 0 Å². The van der Waals surface area contributed by atoms with Crippen LogP contribution in [-0.2, 0) is 6.54 Å². The van der Waals surface area contributed by atoms with Gasteiger partial charge in [-0.3, -0.25) is 9.97 Å². The second-order valence-electron chi connectivity index (χ2n) is 3.22. The molecule has 0 spiro atoms. The Hall–Kier alpha value is -2.41. The number of hydrogen-bond donors (Lipinski definition) is 1. The van der Waals surface area contributed by atoms with Gasteiger partial charge in [-0.05, 0) is 24.3 Å². The fourth-order valence-electron chi connectivity index (χ4n) is 1.34. The summed E-state index contributed by atoms with van der Waals surface area (Å²) >= 11 is 0. The van der Waals surface area contributed by atoms with Crippen LogP contribution in [0.3, 0.4) is 0 Å². The first-order valence-electron chi connectivity index (χ1n) is 4.88. The Kier molecular flexibility index (Phi) is 3.10. The fraction of sp³-hybridized carbons (Fsp3) is 0.0833. The zero-order chi connectivity index (χ0) is 11.2. The average Bonchev–Trinajstić information content (AvgIpc) is 2.38. The number of nitrogens with one attached hydrogen (secondary N) is 1. The largest absolute Gasteiger partial charge is 0.318 e. The SMILES string of the molecule is N#CNCc1ccc(-c2ccccn2)cn1. The molecule has 0 saturated carbocycles. The maximum atomic E-state index is 8.36. The van der Waals surface area contributed by atoms with E-state index >= 15 is 0 Å². The summed E-state index contributed by atoms with van der Waals surface area (Å²) in [5.74, 6) is 0. The summed E-state index contributed by atoms with van der Waals surface area (Å²) < 4.78 is 0. The van der Waals surface area contributed by atoms with E-state index in [0.29, 0.717) is 6.54 Å².